The van der Waals surface area contributed by atoms with Crippen molar-refractivity contribution in [2.45, 2.75) is 39.0 Å². The summed E-state index contributed by atoms with van der Waals surface area (Å²) < 4.78 is 13.1. The van der Waals surface area contributed by atoms with Crippen molar-refractivity contribution in [2.75, 3.05) is 18.5 Å². The molecule has 1 atom stereocenters. The van der Waals surface area contributed by atoms with Crippen LogP contribution in [0.5, 0.6) is 0 Å². The number of hydrogen-bond acceptors (Lipinski definition) is 6. The van der Waals surface area contributed by atoms with Crippen LogP contribution in [0.25, 0.3) is 10.9 Å². The summed E-state index contributed by atoms with van der Waals surface area (Å²) >= 11 is 0. The summed E-state index contributed by atoms with van der Waals surface area (Å²) in [6.45, 7) is 2.30. The third-order valence-corrected chi connectivity index (χ3v) is 5.54. The molecule has 2 heterocycles. The number of hydrogen-bond donors (Lipinski definition) is 1. The molecule has 9 heteroatoms. The van der Waals surface area contributed by atoms with Gasteiger partial charge in [0.1, 0.15) is 6.54 Å². The van der Waals surface area contributed by atoms with Gasteiger partial charge in [-0.05, 0) is 44.0 Å². The second-order valence-corrected chi connectivity index (χ2v) is 7.75. The van der Waals surface area contributed by atoms with Gasteiger partial charge in [-0.25, -0.2) is 9.59 Å². The Hall–Kier alpha value is -3.72. The molecule has 1 amide bonds. The Balaban J connectivity index is 1.68. The maximum atomic E-state index is 13.3. The van der Waals surface area contributed by atoms with E-state index in [1.807, 2.05) is 0 Å². The summed E-state index contributed by atoms with van der Waals surface area (Å²) in [7, 11) is 0. The van der Waals surface area contributed by atoms with Crippen molar-refractivity contribution in [1.29, 1.82) is 0 Å². The molecular weight excluding hydrogens is 426 g/mol. The molecule has 0 unspecified atom stereocenters. The Morgan fingerprint density at radius 2 is 1.85 bits per heavy atom. The maximum Gasteiger partial charge on any atom is 0.340 e. The van der Waals surface area contributed by atoms with Crippen molar-refractivity contribution >= 4 is 28.5 Å². The number of para-hydroxylation sites is 2. The molecule has 1 aromatic heterocycles. The zero-order valence-corrected chi connectivity index (χ0v) is 18.3. The van der Waals surface area contributed by atoms with Gasteiger partial charge in [-0.3, -0.25) is 18.7 Å². The average Bonchev–Trinajstić information content (AvgIpc) is 3.33. The lowest BCUT2D eigenvalue weighted by molar-refractivity contribution is -0.116. The second-order valence-electron chi connectivity index (χ2n) is 7.75. The number of fused-ring (bicyclic) bond motifs is 1. The van der Waals surface area contributed by atoms with Gasteiger partial charge in [0.05, 0.1) is 41.4 Å². The molecule has 172 valence electrons. The minimum absolute atomic E-state index is 0.135. The predicted molar refractivity (Wildman–Crippen MR) is 122 cm³/mol. The van der Waals surface area contributed by atoms with E-state index in [2.05, 4.69) is 5.32 Å². The molecule has 0 bridgehead atoms. The summed E-state index contributed by atoms with van der Waals surface area (Å²) in [6.07, 6.45) is 1.43. The normalized spacial score (nSPS) is 15.5. The van der Waals surface area contributed by atoms with Crippen molar-refractivity contribution in [3.8, 4) is 0 Å². The third kappa shape index (κ3) is 4.73. The van der Waals surface area contributed by atoms with Crippen molar-refractivity contribution in [3.63, 3.8) is 0 Å². The fourth-order valence-electron chi connectivity index (χ4n) is 3.99. The average molecular weight is 451 g/mol. The Kier molecular flexibility index (Phi) is 6.69. The van der Waals surface area contributed by atoms with E-state index < -0.39 is 23.1 Å². The van der Waals surface area contributed by atoms with Crippen LogP contribution in [0, 0.1) is 0 Å². The highest BCUT2D eigenvalue weighted by Gasteiger charge is 2.22. The largest absolute Gasteiger partial charge is 0.462 e. The van der Waals surface area contributed by atoms with E-state index in [0.29, 0.717) is 17.5 Å². The zero-order valence-electron chi connectivity index (χ0n) is 18.3. The van der Waals surface area contributed by atoms with E-state index in [4.69, 9.17) is 9.47 Å². The molecule has 2 aromatic carbocycles. The van der Waals surface area contributed by atoms with E-state index in [-0.39, 0.29) is 37.1 Å². The van der Waals surface area contributed by atoms with Crippen molar-refractivity contribution in [1.82, 2.24) is 9.13 Å². The molecule has 1 aliphatic heterocycles. The van der Waals surface area contributed by atoms with Crippen LogP contribution in [0.1, 0.15) is 30.1 Å². The second kappa shape index (κ2) is 9.83. The van der Waals surface area contributed by atoms with E-state index in [9.17, 15) is 19.2 Å². The van der Waals surface area contributed by atoms with E-state index >= 15 is 0 Å². The van der Waals surface area contributed by atoms with Gasteiger partial charge in [0.25, 0.3) is 5.56 Å². The Morgan fingerprint density at radius 1 is 1.09 bits per heavy atom. The Labute approximate surface area is 189 Å². The highest BCUT2D eigenvalue weighted by molar-refractivity contribution is 6.01. The third-order valence-electron chi connectivity index (χ3n) is 5.54. The zero-order chi connectivity index (χ0) is 23.4. The summed E-state index contributed by atoms with van der Waals surface area (Å²) in [5.41, 5.74) is -0.123. The fraction of sp³-hybridized carbons (Fsp3) is 0.333. The van der Waals surface area contributed by atoms with Gasteiger partial charge in [0.2, 0.25) is 5.91 Å². The molecule has 1 saturated heterocycles. The summed E-state index contributed by atoms with van der Waals surface area (Å²) in [5, 5.41) is 3.03. The van der Waals surface area contributed by atoms with Crippen molar-refractivity contribution in [3.05, 3.63) is 74.9 Å². The molecule has 0 aliphatic carbocycles. The number of nitrogens with zero attached hydrogens (tertiary/aromatic N) is 2. The SMILES string of the molecule is CCOC(=O)c1ccccc1NC(=O)Cn1c(=O)n(C[C@@H]2CCCO2)c(=O)c2ccccc21. The first-order valence-electron chi connectivity index (χ1n) is 10.9. The van der Waals surface area contributed by atoms with Gasteiger partial charge >= 0.3 is 11.7 Å². The molecule has 0 saturated carbocycles. The molecule has 0 radical (unpaired) electrons. The van der Waals surface area contributed by atoms with E-state index in [1.54, 1.807) is 55.5 Å². The van der Waals surface area contributed by atoms with Gasteiger partial charge in [0, 0.05) is 6.61 Å². The van der Waals surface area contributed by atoms with Crippen LogP contribution in [0.4, 0.5) is 5.69 Å². The standard InChI is InChI=1S/C24H25N3O6/c1-2-32-23(30)17-9-3-5-11-19(17)25-21(28)15-26-20-12-6-4-10-18(20)22(29)27(24(26)31)14-16-8-7-13-33-16/h3-6,9-12,16H,2,7-8,13-15H2,1H3,(H,25,28)/t16-/m0/s1. The van der Waals surface area contributed by atoms with Crippen LogP contribution in [0.2, 0.25) is 0 Å². The number of carbonyl (C=O) groups excluding carboxylic acids is 2. The monoisotopic (exact) mass is 451 g/mol. The van der Waals surface area contributed by atoms with Crippen molar-refractivity contribution < 1.29 is 19.1 Å². The molecular formula is C24H25N3O6. The molecule has 9 nitrogen and oxygen atoms in total. The number of esters is 1. The fourth-order valence-corrected chi connectivity index (χ4v) is 3.99. The van der Waals surface area contributed by atoms with Gasteiger partial charge in [-0.1, -0.05) is 24.3 Å². The summed E-state index contributed by atoms with van der Waals surface area (Å²) in [4.78, 5) is 51.4. The molecule has 33 heavy (non-hydrogen) atoms. The number of anilines is 1. The molecule has 0 spiro atoms. The first-order valence-corrected chi connectivity index (χ1v) is 10.9. The number of nitrogens with one attached hydrogen (secondary N) is 1. The van der Waals surface area contributed by atoms with Crippen LogP contribution in [-0.2, 0) is 27.4 Å². The highest BCUT2D eigenvalue weighted by Crippen LogP contribution is 2.17. The van der Waals surface area contributed by atoms with Crippen LogP contribution < -0.4 is 16.6 Å². The Morgan fingerprint density at radius 3 is 2.61 bits per heavy atom. The topological polar surface area (TPSA) is 109 Å². The number of rotatable bonds is 7. The minimum atomic E-state index is -0.581. The lowest BCUT2D eigenvalue weighted by Crippen LogP contribution is -2.43. The van der Waals surface area contributed by atoms with Gasteiger partial charge < -0.3 is 14.8 Å². The number of aromatic nitrogens is 2. The highest BCUT2D eigenvalue weighted by atomic mass is 16.5. The maximum absolute atomic E-state index is 13.3. The van der Waals surface area contributed by atoms with E-state index in [0.717, 1.165) is 17.4 Å². The number of carbonyl (C=O) groups is 2. The predicted octanol–water partition coefficient (Wildman–Crippen LogP) is 2.16. The number of amides is 1. The first kappa shape index (κ1) is 22.5. The number of ether oxygens (including phenoxy) is 2. The lowest BCUT2D eigenvalue weighted by Gasteiger charge is -2.16. The quantitative estimate of drug-likeness (QED) is 0.552. The first-order chi connectivity index (χ1) is 16.0. The van der Waals surface area contributed by atoms with Crippen molar-refractivity contribution in [2.24, 2.45) is 0 Å². The molecule has 4 rings (SSSR count). The van der Waals surface area contributed by atoms with Gasteiger partial charge in [-0.15, -0.1) is 0 Å². The van der Waals surface area contributed by atoms with Gasteiger partial charge in [-0.2, -0.15) is 0 Å². The van der Waals surface area contributed by atoms with E-state index in [1.165, 1.54) is 4.57 Å². The molecule has 1 aliphatic rings. The summed E-state index contributed by atoms with van der Waals surface area (Å²) in [5.74, 6) is -1.07. The smallest absolute Gasteiger partial charge is 0.340 e. The molecule has 1 fully saturated rings. The van der Waals surface area contributed by atoms with Crippen LogP contribution in [0.3, 0.4) is 0 Å². The number of benzene rings is 2. The Bertz CT molecular complexity index is 1300. The molecule has 3 aromatic rings. The van der Waals surface area contributed by atoms with Gasteiger partial charge in [0.15, 0.2) is 0 Å². The van der Waals surface area contributed by atoms with Crippen LogP contribution in [0.15, 0.2) is 58.1 Å². The van der Waals surface area contributed by atoms with Crippen LogP contribution >= 0.6 is 0 Å². The molecule has 1 N–H and O–H groups in total. The minimum Gasteiger partial charge on any atom is -0.462 e. The summed E-state index contributed by atoms with van der Waals surface area (Å²) in [6, 6.07) is 13.2. The lowest BCUT2D eigenvalue weighted by atomic mass is 10.2. The van der Waals surface area contributed by atoms with Crippen LogP contribution in [-0.4, -0.2) is 40.3 Å².